The SMILES string of the molecule is CN1C(=O)C2(C(C#N)=C(n3cccc3)N(c3ccccc3C(F)(F)F)C3=C2C(=O)CCC3)c2ccccc21. The van der Waals surface area contributed by atoms with Crippen LogP contribution in [-0.4, -0.2) is 23.3 Å². The highest BCUT2D eigenvalue weighted by Crippen LogP contribution is 2.58. The number of alkyl halides is 3. The number of hydrogen-bond acceptors (Lipinski definition) is 4. The molecule has 1 aliphatic carbocycles. The molecule has 1 aromatic heterocycles. The number of anilines is 2. The van der Waals surface area contributed by atoms with Crippen LogP contribution in [0, 0.1) is 11.3 Å². The zero-order valence-electron chi connectivity index (χ0n) is 20.3. The highest BCUT2D eigenvalue weighted by Gasteiger charge is 2.62. The van der Waals surface area contributed by atoms with Gasteiger partial charge in [-0.15, -0.1) is 0 Å². The van der Waals surface area contributed by atoms with E-state index < -0.39 is 23.1 Å². The second-order valence-corrected chi connectivity index (χ2v) is 9.48. The van der Waals surface area contributed by atoms with Gasteiger partial charge in [0.2, 0.25) is 5.91 Å². The molecule has 0 bridgehead atoms. The quantitative estimate of drug-likeness (QED) is 0.444. The predicted octanol–water partition coefficient (Wildman–Crippen LogP) is 5.64. The van der Waals surface area contributed by atoms with Crippen LogP contribution in [0.2, 0.25) is 0 Å². The average Bonchev–Trinajstić information content (AvgIpc) is 3.51. The fourth-order valence-corrected chi connectivity index (χ4v) is 6.07. The maximum absolute atomic E-state index is 14.3. The van der Waals surface area contributed by atoms with E-state index in [1.54, 1.807) is 60.4 Å². The van der Waals surface area contributed by atoms with Gasteiger partial charge in [-0.25, -0.2) is 0 Å². The van der Waals surface area contributed by atoms with Crippen molar-refractivity contribution in [3.63, 3.8) is 0 Å². The molecule has 0 radical (unpaired) electrons. The molecule has 9 heteroatoms. The zero-order chi connectivity index (χ0) is 26.8. The molecule has 2 aliphatic heterocycles. The first-order valence-electron chi connectivity index (χ1n) is 12.1. The van der Waals surface area contributed by atoms with Crippen molar-refractivity contribution in [1.29, 1.82) is 5.26 Å². The Kier molecular flexibility index (Phi) is 5.14. The number of nitriles is 1. The molecule has 6 nitrogen and oxygen atoms in total. The minimum atomic E-state index is -4.70. The lowest BCUT2D eigenvalue weighted by atomic mass is 9.63. The van der Waals surface area contributed by atoms with Gasteiger partial charge in [-0.05, 0) is 43.2 Å². The second kappa shape index (κ2) is 8.21. The van der Waals surface area contributed by atoms with E-state index in [2.05, 4.69) is 6.07 Å². The number of benzene rings is 2. The van der Waals surface area contributed by atoms with Gasteiger partial charge < -0.3 is 9.47 Å². The molecule has 1 atom stereocenters. The van der Waals surface area contributed by atoms with E-state index in [1.165, 1.54) is 28.0 Å². The molecule has 1 spiro atoms. The van der Waals surface area contributed by atoms with Crippen molar-refractivity contribution >= 4 is 28.9 Å². The summed E-state index contributed by atoms with van der Waals surface area (Å²) >= 11 is 0. The van der Waals surface area contributed by atoms with Crippen molar-refractivity contribution in [2.45, 2.75) is 30.9 Å². The first kappa shape index (κ1) is 23.8. The van der Waals surface area contributed by atoms with Gasteiger partial charge in [0.25, 0.3) is 0 Å². The minimum absolute atomic E-state index is 0.0787. The number of para-hydroxylation sites is 2. The number of carbonyl (C=O) groups excluding carboxylic acids is 2. The first-order chi connectivity index (χ1) is 18.2. The number of fused-ring (bicyclic) bond motifs is 3. The summed E-state index contributed by atoms with van der Waals surface area (Å²) in [5, 5.41) is 10.7. The van der Waals surface area contributed by atoms with Crippen LogP contribution < -0.4 is 9.80 Å². The lowest BCUT2D eigenvalue weighted by Crippen LogP contribution is -2.51. The van der Waals surface area contributed by atoms with Crippen LogP contribution >= 0.6 is 0 Å². The molecule has 6 rings (SSSR count). The van der Waals surface area contributed by atoms with E-state index in [9.17, 15) is 28.0 Å². The van der Waals surface area contributed by atoms with Crippen LogP contribution in [0.1, 0.15) is 30.4 Å². The number of carbonyl (C=O) groups is 2. The minimum Gasteiger partial charge on any atom is -0.314 e. The molecular formula is C29H21F3N4O2. The number of Topliss-reactive ketones (excluding diaryl/α,β-unsaturated/α-hetero) is 1. The fourth-order valence-electron chi connectivity index (χ4n) is 6.07. The Labute approximate surface area is 216 Å². The van der Waals surface area contributed by atoms with E-state index in [-0.39, 0.29) is 41.3 Å². The van der Waals surface area contributed by atoms with E-state index in [1.807, 2.05) is 0 Å². The van der Waals surface area contributed by atoms with Crippen LogP contribution in [0.15, 0.2) is 89.9 Å². The third-order valence-corrected chi connectivity index (χ3v) is 7.55. The maximum atomic E-state index is 14.3. The van der Waals surface area contributed by atoms with E-state index >= 15 is 0 Å². The summed E-state index contributed by atoms with van der Waals surface area (Å²) in [6.07, 6.45) is -0.659. The van der Waals surface area contributed by atoms with Gasteiger partial charge in [0.15, 0.2) is 5.78 Å². The van der Waals surface area contributed by atoms with Crippen LogP contribution in [-0.2, 0) is 21.2 Å². The third kappa shape index (κ3) is 3.00. The lowest BCUT2D eigenvalue weighted by molar-refractivity contribution is -0.137. The summed E-state index contributed by atoms with van der Waals surface area (Å²) in [7, 11) is 1.58. The van der Waals surface area contributed by atoms with Crippen LogP contribution in [0.25, 0.3) is 5.82 Å². The van der Waals surface area contributed by atoms with Gasteiger partial charge >= 0.3 is 6.18 Å². The Balaban J connectivity index is 1.81. The molecule has 190 valence electrons. The van der Waals surface area contributed by atoms with Crippen molar-refractivity contribution in [3.8, 4) is 6.07 Å². The van der Waals surface area contributed by atoms with Gasteiger partial charge in [0.1, 0.15) is 17.3 Å². The molecule has 3 aliphatic rings. The highest BCUT2D eigenvalue weighted by atomic mass is 19.4. The van der Waals surface area contributed by atoms with Gasteiger partial charge in [-0.2, -0.15) is 18.4 Å². The number of likely N-dealkylation sites (N-methyl/N-ethyl adjacent to an activating group) is 1. The molecule has 0 saturated carbocycles. The molecule has 1 amide bonds. The fraction of sp³-hybridized carbons (Fsp3) is 0.207. The smallest absolute Gasteiger partial charge is 0.314 e. The van der Waals surface area contributed by atoms with E-state index in [4.69, 9.17) is 0 Å². The highest BCUT2D eigenvalue weighted by molar-refractivity contribution is 6.21. The van der Waals surface area contributed by atoms with Gasteiger partial charge in [0, 0.05) is 48.4 Å². The number of hydrogen-bond donors (Lipinski definition) is 0. The monoisotopic (exact) mass is 514 g/mol. The van der Waals surface area contributed by atoms with Gasteiger partial charge in [-0.1, -0.05) is 30.3 Å². The predicted molar refractivity (Wildman–Crippen MR) is 135 cm³/mol. The number of ketones is 1. The van der Waals surface area contributed by atoms with Crippen LogP contribution in [0.4, 0.5) is 24.5 Å². The number of nitrogens with zero attached hydrogens (tertiary/aromatic N) is 4. The largest absolute Gasteiger partial charge is 0.418 e. The Hall–Kier alpha value is -4.58. The van der Waals surface area contributed by atoms with Crippen molar-refractivity contribution in [2.75, 3.05) is 16.8 Å². The summed E-state index contributed by atoms with van der Waals surface area (Å²) in [6, 6.07) is 17.6. The maximum Gasteiger partial charge on any atom is 0.418 e. The number of allylic oxidation sites excluding steroid dienone is 1. The van der Waals surface area contributed by atoms with Crippen molar-refractivity contribution in [1.82, 2.24) is 4.57 Å². The molecule has 0 N–H and O–H groups in total. The number of aromatic nitrogens is 1. The number of rotatable bonds is 2. The summed E-state index contributed by atoms with van der Waals surface area (Å²) in [6.45, 7) is 0. The molecule has 3 aromatic rings. The molecule has 38 heavy (non-hydrogen) atoms. The van der Waals surface area contributed by atoms with Crippen molar-refractivity contribution < 1.29 is 22.8 Å². The Morgan fingerprint density at radius 2 is 1.58 bits per heavy atom. The topological polar surface area (TPSA) is 69.3 Å². The van der Waals surface area contributed by atoms with Crippen LogP contribution in [0.5, 0.6) is 0 Å². The molecule has 3 heterocycles. The van der Waals surface area contributed by atoms with E-state index in [0.29, 0.717) is 23.4 Å². The summed E-state index contributed by atoms with van der Waals surface area (Å²) in [4.78, 5) is 30.8. The molecule has 2 aromatic carbocycles. The van der Waals surface area contributed by atoms with Crippen LogP contribution in [0.3, 0.4) is 0 Å². The second-order valence-electron chi connectivity index (χ2n) is 9.48. The van der Waals surface area contributed by atoms with Gasteiger partial charge in [-0.3, -0.25) is 14.5 Å². The summed E-state index contributed by atoms with van der Waals surface area (Å²) in [5.74, 6) is -0.731. The third-order valence-electron chi connectivity index (χ3n) is 7.55. The van der Waals surface area contributed by atoms with Gasteiger partial charge in [0.05, 0.1) is 16.8 Å². The first-order valence-corrected chi connectivity index (χ1v) is 12.1. The molecule has 0 fully saturated rings. The normalized spacial score (nSPS) is 21.2. The van der Waals surface area contributed by atoms with Crippen molar-refractivity contribution in [3.05, 3.63) is 101 Å². The summed E-state index contributed by atoms with van der Waals surface area (Å²) < 4.78 is 44.4. The zero-order valence-corrected chi connectivity index (χ0v) is 20.3. The number of halogens is 3. The Bertz CT molecular complexity index is 1610. The standard InChI is InChI=1S/C29H21F3N4O2/c1-34-21-11-4-2-9-18(21)28(27(34)38)20(17-33)26(35-15-6-7-16-35)36(23-13-8-14-24(37)25(23)28)22-12-5-3-10-19(22)29(30,31)32/h2-7,9-12,15-16H,8,13-14H2,1H3. The van der Waals surface area contributed by atoms with Crippen molar-refractivity contribution in [2.24, 2.45) is 0 Å². The molecule has 1 unspecified atom stereocenters. The molecule has 0 saturated heterocycles. The summed E-state index contributed by atoms with van der Waals surface area (Å²) in [5.41, 5.74) is -1.57. The lowest BCUT2D eigenvalue weighted by Gasteiger charge is -2.45. The average molecular weight is 515 g/mol. The number of amides is 1. The molecular weight excluding hydrogens is 493 g/mol. The van der Waals surface area contributed by atoms with E-state index in [0.717, 1.165) is 6.07 Å². The Morgan fingerprint density at radius 3 is 2.26 bits per heavy atom. The Morgan fingerprint density at radius 1 is 0.921 bits per heavy atom.